The van der Waals surface area contributed by atoms with Crippen molar-refractivity contribution in [1.82, 2.24) is 10.6 Å². The molecule has 160 valence electrons. The van der Waals surface area contributed by atoms with E-state index >= 15 is 0 Å². The van der Waals surface area contributed by atoms with Gasteiger partial charge in [-0.3, -0.25) is 9.20 Å². The van der Waals surface area contributed by atoms with Crippen molar-refractivity contribution in [2.75, 3.05) is 26.5 Å². The maximum absolute atomic E-state index is 12.1. The second-order valence-electron chi connectivity index (χ2n) is 7.26. The van der Waals surface area contributed by atoms with Crippen molar-refractivity contribution in [2.24, 2.45) is 4.99 Å². The van der Waals surface area contributed by atoms with Crippen LogP contribution in [0.1, 0.15) is 57.4 Å². The van der Waals surface area contributed by atoms with Gasteiger partial charge in [0.2, 0.25) is 0 Å². The summed E-state index contributed by atoms with van der Waals surface area (Å²) < 4.78 is 17.3. The highest BCUT2D eigenvalue weighted by Gasteiger charge is 2.26. The van der Waals surface area contributed by atoms with Crippen LogP contribution in [0.2, 0.25) is 0 Å². The molecule has 2 N–H and O–H groups in total. The molecule has 0 bridgehead atoms. The summed E-state index contributed by atoms with van der Waals surface area (Å²) in [6.07, 6.45) is 5.35. The summed E-state index contributed by atoms with van der Waals surface area (Å²) in [6, 6.07) is 8.66. The molecule has 1 fully saturated rings. The lowest BCUT2D eigenvalue weighted by atomic mass is 9.95. The van der Waals surface area contributed by atoms with E-state index < -0.39 is 10.8 Å². The summed E-state index contributed by atoms with van der Waals surface area (Å²) in [5.41, 5.74) is 1.32. The van der Waals surface area contributed by atoms with Gasteiger partial charge in [0.15, 0.2) is 5.96 Å². The molecule has 7 heteroatoms. The van der Waals surface area contributed by atoms with E-state index in [-0.39, 0.29) is 24.0 Å². The van der Waals surface area contributed by atoms with Gasteiger partial charge in [0.1, 0.15) is 5.75 Å². The van der Waals surface area contributed by atoms with Crippen LogP contribution in [0.4, 0.5) is 0 Å². The predicted octanol–water partition coefficient (Wildman–Crippen LogP) is 4.05. The molecule has 0 aliphatic heterocycles. The zero-order valence-corrected chi connectivity index (χ0v) is 20.7. The Balaban J connectivity index is 0.00000392. The summed E-state index contributed by atoms with van der Waals surface area (Å²) in [7, 11) is 2.81. The number of aliphatic imine (C=N–C) groups is 1. The van der Waals surface area contributed by atoms with Gasteiger partial charge in [0, 0.05) is 41.4 Å². The number of hydrogen-bond donors (Lipinski definition) is 2. The van der Waals surface area contributed by atoms with Crippen molar-refractivity contribution in [3.8, 4) is 5.75 Å². The third-order valence-electron chi connectivity index (χ3n) is 5.40. The van der Waals surface area contributed by atoms with Crippen LogP contribution in [0.5, 0.6) is 5.75 Å². The van der Waals surface area contributed by atoms with E-state index in [2.05, 4.69) is 34.7 Å². The van der Waals surface area contributed by atoms with Crippen LogP contribution < -0.4 is 15.4 Å². The van der Waals surface area contributed by atoms with Crippen LogP contribution >= 0.6 is 24.0 Å². The summed E-state index contributed by atoms with van der Waals surface area (Å²) in [5, 5.41) is 7.30. The van der Waals surface area contributed by atoms with Crippen molar-refractivity contribution in [2.45, 2.75) is 63.2 Å². The second kappa shape index (κ2) is 13.4. The molecule has 1 saturated carbocycles. The normalized spacial score (nSPS) is 21.9. The van der Waals surface area contributed by atoms with Gasteiger partial charge in [-0.25, -0.2) is 0 Å². The Kier molecular flexibility index (Phi) is 12.1. The molecule has 1 aliphatic carbocycles. The second-order valence-corrected chi connectivity index (χ2v) is 9.27. The van der Waals surface area contributed by atoms with Gasteiger partial charge < -0.3 is 15.4 Å². The van der Waals surface area contributed by atoms with E-state index in [1.54, 1.807) is 7.11 Å². The molecule has 1 aromatic carbocycles. The molecule has 28 heavy (non-hydrogen) atoms. The summed E-state index contributed by atoms with van der Waals surface area (Å²) in [6.45, 7) is 5.12. The van der Waals surface area contributed by atoms with E-state index in [1.165, 1.54) is 5.56 Å². The Bertz CT molecular complexity index is 625. The topological polar surface area (TPSA) is 62.7 Å². The molecule has 0 spiro atoms. The summed E-state index contributed by atoms with van der Waals surface area (Å²) in [5.74, 6) is 2.97. The first-order chi connectivity index (χ1) is 13.1. The van der Waals surface area contributed by atoms with Crippen molar-refractivity contribution in [3.63, 3.8) is 0 Å². The predicted molar refractivity (Wildman–Crippen MR) is 131 cm³/mol. The number of guanidine groups is 1. The number of hydrogen-bond acceptors (Lipinski definition) is 3. The number of halogens is 1. The number of rotatable bonds is 8. The maximum atomic E-state index is 12.1. The Labute approximate surface area is 190 Å². The SMILES string of the molecule is CCS(=O)C1CCCC(NC(=NC)NCCC(C)c2ccc(OC)cc2)C1.I. The minimum absolute atomic E-state index is 0. The first kappa shape index (κ1) is 25.2. The standard InChI is InChI=1S/C21H35N3O2S.HI/c1-5-27(25)20-8-6-7-18(15-20)24-21(22-3)23-14-13-16(2)17-9-11-19(26-4)12-10-17;/h9-12,16,18,20H,5-8,13-15H2,1-4H3,(H2,22,23,24);1H. The molecule has 0 saturated heterocycles. The van der Waals surface area contributed by atoms with Crippen molar-refractivity contribution in [3.05, 3.63) is 29.8 Å². The molecule has 1 aromatic rings. The van der Waals surface area contributed by atoms with Gasteiger partial charge in [-0.1, -0.05) is 32.4 Å². The number of nitrogens with zero attached hydrogens (tertiary/aromatic N) is 1. The highest BCUT2D eigenvalue weighted by Crippen LogP contribution is 2.23. The molecule has 4 unspecified atom stereocenters. The van der Waals surface area contributed by atoms with Crippen LogP contribution in [0, 0.1) is 0 Å². The zero-order valence-electron chi connectivity index (χ0n) is 17.6. The van der Waals surface area contributed by atoms with Crippen LogP contribution in [-0.2, 0) is 10.8 Å². The quantitative estimate of drug-likeness (QED) is 0.308. The molecule has 0 radical (unpaired) electrons. The highest BCUT2D eigenvalue weighted by atomic mass is 127. The Morgan fingerprint density at radius 1 is 1.32 bits per heavy atom. The minimum atomic E-state index is -0.695. The van der Waals surface area contributed by atoms with Crippen LogP contribution in [0.15, 0.2) is 29.3 Å². The van der Waals surface area contributed by atoms with E-state index in [9.17, 15) is 4.21 Å². The molecule has 0 aromatic heterocycles. The Morgan fingerprint density at radius 2 is 2.04 bits per heavy atom. The molecular formula is C21H36IN3O2S. The lowest BCUT2D eigenvalue weighted by molar-refractivity contribution is 0.413. The number of benzene rings is 1. The zero-order chi connectivity index (χ0) is 19.6. The minimum Gasteiger partial charge on any atom is -0.497 e. The van der Waals surface area contributed by atoms with E-state index in [1.807, 2.05) is 26.1 Å². The van der Waals surface area contributed by atoms with Gasteiger partial charge in [0.25, 0.3) is 0 Å². The first-order valence-corrected chi connectivity index (χ1v) is 11.4. The van der Waals surface area contributed by atoms with Gasteiger partial charge in [0.05, 0.1) is 7.11 Å². The fourth-order valence-electron chi connectivity index (χ4n) is 3.64. The van der Waals surface area contributed by atoms with Crippen molar-refractivity contribution >= 4 is 40.7 Å². The van der Waals surface area contributed by atoms with Gasteiger partial charge in [-0.15, -0.1) is 24.0 Å². The molecule has 0 heterocycles. The maximum Gasteiger partial charge on any atom is 0.191 e. The smallest absolute Gasteiger partial charge is 0.191 e. The Hall–Kier alpha value is -0.830. The van der Waals surface area contributed by atoms with Crippen molar-refractivity contribution < 1.29 is 8.95 Å². The molecule has 0 amide bonds. The number of ether oxygens (including phenoxy) is 1. The van der Waals surface area contributed by atoms with E-state index in [4.69, 9.17) is 4.74 Å². The van der Waals surface area contributed by atoms with Crippen molar-refractivity contribution in [1.29, 1.82) is 0 Å². The monoisotopic (exact) mass is 521 g/mol. The Morgan fingerprint density at radius 3 is 2.64 bits per heavy atom. The van der Waals surface area contributed by atoms with Crippen LogP contribution in [0.3, 0.4) is 0 Å². The van der Waals surface area contributed by atoms with E-state index in [0.29, 0.717) is 17.2 Å². The highest BCUT2D eigenvalue weighted by molar-refractivity contribution is 14.0. The lowest BCUT2D eigenvalue weighted by Crippen LogP contribution is -2.46. The van der Waals surface area contributed by atoms with Gasteiger partial charge >= 0.3 is 0 Å². The average molecular weight is 522 g/mol. The molecular weight excluding hydrogens is 485 g/mol. The van der Waals surface area contributed by atoms with Crippen LogP contribution in [-0.4, -0.2) is 47.9 Å². The van der Waals surface area contributed by atoms with E-state index in [0.717, 1.165) is 56.1 Å². The number of methoxy groups -OCH3 is 1. The summed E-state index contributed by atoms with van der Waals surface area (Å²) >= 11 is 0. The summed E-state index contributed by atoms with van der Waals surface area (Å²) in [4.78, 5) is 4.37. The molecule has 1 aliphatic rings. The fourth-order valence-corrected chi connectivity index (χ4v) is 4.99. The lowest BCUT2D eigenvalue weighted by Gasteiger charge is -2.30. The molecule has 4 atom stereocenters. The average Bonchev–Trinajstić information content (AvgIpc) is 2.72. The largest absolute Gasteiger partial charge is 0.497 e. The number of nitrogens with one attached hydrogen (secondary N) is 2. The fraction of sp³-hybridized carbons (Fsp3) is 0.667. The molecule has 5 nitrogen and oxygen atoms in total. The first-order valence-electron chi connectivity index (χ1n) is 10.1. The third kappa shape index (κ3) is 7.89. The van der Waals surface area contributed by atoms with Gasteiger partial charge in [-0.2, -0.15) is 0 Å². The third-order valence-corrected chi connectivity index (χ3v) is 7.14. The van der Waals surface area contributed by atoms with Gasteiger partial charge in [-0.05, 0) is 49.3 Å². The van der Waals surface area contributed by atoms with Crippen LogP contribution in [0.25, 0.3) is 0 Å². The molecule has 2 rings (SSSR count).